The Kier molecular flexibility index (Phi) is 4.40. The van der Waals surface area contributed by atoms with Gasteiger partial charge in [-0.2, -0.15) is 0 Å². The molecule has 3 rings (SSSR count). The van der Waals surface area contributed by atoms with Crippen molar-refractivity contribution in [1.29, 1.82) is 0 Å². The van der Waals surface area contributed by atoms with Crippen LogP contribution in [0.15, 0.2) is 18.2 Å². The Bertz CT molecular complexity index is 501. The Morgan fingerprint density at radius 3 is 2.65 bits per heavy atom. The third kappa shape index (κ3) is 2.55. The number of anilines is 1. The molecule has 1 heterocycles. The Morgan fingerprint density at radius 2 is 1.95 bits per heavy atom. The molecule has 0 spiro atoms. The molecule has 1 aromatic rings. The summed E-state index contributed by atoms with van der Waals surface area (Å²) >= 11 is 0. The molecule has 3 N–H and O–H groups in total. The lowest BCUT2D eigenvalue weighted by molar-refractivity contribution is -0.124. The predicted molar refractivity (Wildman–Crippen MR) is 78.4 cm³/mol. The highest BCUT2D eigenvalue weighted by Gasteiger charge is 2.39. The average molecular weight is 299 g/mol. The fourth-order valence-corrected chi connectivity index (χ4v) is 2.81. The van der Waals surface area contributed by atoms with Crippen LogP contribution in [0.1, 0.15) is 25.7 Å². The van der Waals surface area contributed by atoms with E-state index < -0.39 is 5.41 Å². The van der Waals surface area contributed by atoms with Crippen molar-refractivity contribution in [3.63, 3.8) is 0 Å². The lowest BCUT2D eigenvalue weighted by Crippen LogP contribution is -2.40. The fourth-order valence-electron chi connectivity index (χ4n) is 2.81. The molecule has 0 unspecified atom stereocenters. The van der Waals surface area contributed by atoms with E-state index in [1.165, 1.54) is 0 Å². The van der Waals surface area contributed by atoms with Gasteiger partial charge in [0.1, 0.15) is 0 Å². The van der Waals surface area contributed by atoms with Gasteiger partial charge in [-0.05, 0) is 25.0 Å². The summed E-state index contributed by atoms with van der Waals surface area (Å²) in [5.74, 6) is 1.41. The lowest BCUT2D eigenvalue weighted by atomic mass is 9.85. The van der Waals surface area contributed by atoms with E-state index in [1.807, 2.05) is 12.1 Å². The maximum absolute atomic E-state index is 12.4. The monoisotopic (exact) mass is 298 g/mol. The first-order valence-corrected chi connectivity index (χ1v) is 6.65. The highest BCUT2D eigenvalue weighted by molar-refractivity contribution is 5.96. The Morgan fingerprint density at radius 1 is 1.25 bits per heavy atom. The molecule has 1 aliphatic heterocycles. The molecule has 5 nitrogen and oxygen atoms in total. The minimum Gasteiger partial charge on any atom is -0.454 e. The van der Waals surface area contributed by atoms with Gasteiger partial charge in [-0.15, -0.1) is 12.4 Å². The number of nitrogens with one attached hydrogen (secondary N) is 1. The van der Waals surface area contributed by atoms with Gasteiger partial charge in [-0.3, -0.25) is 4.79 Å². The number of hydrogen-bond donors (Lipinski definition) is 2. The average Bonchev–Trinajstić information content (AvgIpc) is 3.07. The standard InChI is InChI=1S/C14H18N2O3.ClH/c15-8-14(5-1-2-6-14)13(17)16-10-3-4-11-12(7-10)19-9-18-11;/h3-4,7H,1-2,5-6,8-9,15H2,(H,16,17);1H. The van der Waals surface area contributed by atoms with Crippen molar-refractivity contribution in [3.8, 4) is 11.5 Å². The van der Waals surface area contributed by atoms with Gasteiger partial charge in [0.05, 0.1) is 5.41 Å². The molecule has 0 bridgehead atoms. The van der Waals surface area contributed by atoms with Gasteiger partial charge in [-0.25, -0.2) is 0 Å². The molecule has 1 fully saturated rings. The van der Waals surface area contributed by atoms with E-state index in [4.69, 9.17) is 15.2 Å². The topological polar surface area (TPSA) is 73.6 Å². The summed E-state index contributed by atoms with van der Waals surface area (Å²) in [4.78, 5) is 12.4. The van der Waals surface area contributed by atoms with Crippen LogP contribution < -0.4 is 20.5 Å². The molecule has 0 aromatic heterocycles. The molecule has 1 aliphatic carbocycles. The van der Waals surface area contributed by atoms with Crippen molar-refractivity contribution in [1.82, 2.24) is 0 Å². The normalized spacial score (nSPS) is 18.4. The zero-order valence-corrected chi connectivity index (χ0v) is 12.0. The first kappa shape index (κ1) is 14.9. The van der Waals surface area contributed by atoms with E-state index >= 15 is 0 Å². The SMILES string of the molecule is Cl.NCC1(C(=O)Nc2ccc3c(c2)OCO3)CCCC1. The van der Waals surface area contributed by atoms with Crippen LogP contribution >= 0.6 is 12.4 Å². The molecule has 0 radical (unpaired) electrons. The van der Waals surface area contributed by atoms with Gasteiger partial charge < -0.3 is 20.5 Å². The lowest BCUT2D eigenvalue weighted by Gasteiger charge is -2.25. The summed E-state index contributed by atoms with van der Waals surface area (Å²) in [7, 11) is 0. The molecule has 1 saturated carbocycles. The summed E-state index contributed by atoms with van der Waals surface area (Å²) in [6.45, 7) is 0.642. The minimum atomic E-state index is -0.392. The van der Waals surface area contributed by atoms with Crippen molar-refractivity contribution in [3.05, 3.63) is 18.2 Å². The van der Waals surface area contributed by atoms with Gasteiger partial charge in [0.15, 0.2) is 11.5 Å². The fraction of sp³-hybridized carbons (Fsp3) is 0.500. The first-order valence-electron chi connectivity index (χ1n) is 6.65. The molecule has 6 heteroatoms. The van der Waals surface area contributed by atoms with Crippen molar-refractivity contribution in [2.24, 2.45) is 11.1 Å². The number of fused-ring (bicyclic) bond motifs is 1. The number of amides is 1. The smallest absolute Gasteiger partial charge is 0.231 e. The molecule has 1 amide bonds. The van der Waals surface area contributed by atoms with Gasteiger partial charge in [0.2, 0.25) is 12.7 Å². The maximum Gasteiger partial charge on any atom is 0.231 e. The largest absolute Gasteiger partial charge is 0.454 e. The van der Waals surface area contributed by atoms with E-state index in [0.29, 0.717) is 18.0 Å². The van der Waals surface area contributed by atoms with E-state index in [2.05, 4.69) is 5.32 Å². The Labute approximate surface area is 124 Å². The second-order valence-corrected chi connectivity index (χ2v) is 5.21. The minimum absolute atomic E-state index is 0. The van der Waals surface area contributed by atoms with Crippen molar-refractivity contribution in [2.45, 2.75) is 25.7 Å². The number of carbonyl (C=O) groups excluding carboxylic acids is 1. The molecule has 0 atom stereocenters. The molecule has 20 heavy (non-hydrogen) atoms. The van der Waals surface area contributed by atoms with Crippen molar-refractivity contribution >= 4 is 24.0 Å². The van der Waals surface area contributed by atoms with Crippen LogP contribution in [-0.2, 0) is 4.79 Å². The van der Waals surface area contributed by atoms with E-state index in [1.54, 1.807) is 6.07 Å². The zero-order chi connectivity index (χ0) is 13.3. The van der Waals surface area contributed by atoms with E-state index in [-0.39, 0.29) is 25.1 Å². The molecular formula is C14H19ClN2O3. The molecule has 2 aliphatic rings. The number of ether oxygens (including phenoxy) is 2. The number of hydrogen-bond acceptors (Lipinski definition) is 4. The van der Waals surface area contributed by atoms with E-state index in [0.717, 1.165) is 31.4 Å². The van der Waals surface area contributed by atoms with Gasteiger partial charge in [0.25, 0.3) is 0 Å². The first-order chi connectivity index (χ1) is 9.23. The second kappa shape index (κ2) is 5.89. The second-order valence-electron chi connectivity index (χ2n) is 5.21. The summed E-state index contributed by atoms with van der Waals surface area (Å²) in [6.07, 6.45) is 3.90. The van der Waals surface area contributed by atoms with Crippen LogP contribution in [0.25, 0.3) is 0 Å². The molecular weight excluding hydrogens is 280 g/mol. The van der Waals surface area contributed by atoms with Gasteiger partial charge in [-0.1, -0.05) is 12.8 Å². The van der Waals surface area contributed by atoms with Crippen LogP contribution in [0, 0.1) is 5.41 Å². The van der Waals surface area contributed by atoms with Crippen LogP contribution in [0.2, 0.25) is 0 Å². The van der Waals surface area contributed by atoms with E-state index in [9.17, 15) is 4.79 Å². The van der Waals surface area contributed by atoms with Crippen molar-refractivity contribution in [2.75, 3.05) is 18.7 Å². The summed E-state index contributed by atoms with van der Waals surface area (Å²) in [5.41, 5.74) is 6.15. The number of benzene rings is 1. The number of nitrogens with two attached hydrogens (primary N) is 1. The number of rotatable bonds is 3. The zero-order valence-electron chi connectivity index (χ0n) is 11.2. The van der Waals surface area contributed by atoms with Crippen LogP contribution in [-0.4, -0.2) is 19.2 Å². The third-order valence-electron chi connectivity index (χ3n) is 4.06. The number of carbonyl (C=O) groups is 1. The highest BCUT2D eigenvalue weighted by Crippen LogP contribution is 2.39. The van der Waals surface area contributed by atoms with Gasteiger partial charge in [0, 0.05) is 18.3 Å². The Hall–Kier alpha value is -1.46. The molecule has 1 aromatic carbocycles. The maximum atomic E-state index is 12.4. The van der Waals surface area contributed by atoms with Crippen LogP contribution in [0.5, 0.6) is 11.5 Å². The van der Waals surface area contributed by atoms with Crippen LogP contribution in [0.4, 0.5) is 5.69 Å². The predicted octanol–water partition coefficient (Wildman–Crippen LogP) is 2.29. The Balaban J connectivity index is 0.00000147. The summed E-state index contributed by atoms with van der Waals surface area (Å²) < 4.78 is 10.5. The number of halogens is 1. The summed E-state index contributed by atoms with van der Waals surface area (Å²) in [5, 5.41) is 2.95. The quantitative estimate of drug-likeness (QED) is 0.898. The van der Waals surface area contributed by atoms with Crippen molar-refractivity contribution < 1.29 is 14.3 Å². The molecule has 0 saturated heterocycles. The van der Waals surface area contributed by atoms with Crippen LogP contribution in [0.3, 0.4) is 0 Å². The summed E-state index contributed by atoms with van der Waals surface area (Å²) in [6, 6.07) is 5.42. The van der Waals surface area contributed by atoms with Gasteiger partial charge >= 0.3 is 0 Å². The molecule has 110 valence electrons. The third-order valence-corrected chi connectivity index (χ3v) is 4.06. The highest BCUT2D eigenvalue weighted by atomic mass is 35.5.